The summed E-state index contributed by atoms with van der Waals surface area (Å²) in [5.41, 5.74) is -1.66. The van der Waals surface area contributed by atoms with Crippen LogP contribution in [0.15, 0.2) is 48.8 Å². The SMILES string of the molecule is C=C1OC(=O)[C@@]2([C@H](/C=C/C=C/C)C=C[C@H](O)[C@@H]2OC(C)=O)[C@H]1O. The van der Waals surface area contributed by atoms with Gasteiger partial charge in [-0.1, -0.05) is 43.0 Å². The molecule has 1 aliphatic carbocycles. The lowest BCUT2D eigenvalue weighted by Crippen LogP contribution is -2.59. The van der Waals surface area contributed by atoms with E-state index < -0.39 is 41.6 Å². The number of aliphatic hydroxyl groups excluding tert-OH is 2. The molecule has 6 heteroatoms. The van der Waals surface area contributed by atoms with Crippen molar-refractivity contribution in [3.05, 3.63) is 48.8 Å². The van der Waals surface area contributed by atoms with Gasteiger partial charge in [0.15, 0.2) is 11.5 Å². The lowest BCUT2D eigenvalue weighted by atomic mass is 9.63. The van der Waals surface area contributed by atoms with Crippen LogP contribution < -0.4 is 0 Å². The van der Waals surface area contributed by atoms with Crippen molar-refractivity contribution in [2.45, 2.75) is 32.2 Å². The number of hydrogen-bond acceptors (Lipinski definition) is 6. The van der Waals surface area contributed by atoms with Crippen LogP contribution in [-0.2, 0) is 19.1 Å². The quantitative estimate of drug-likeness (QED) is 0.458. The fraction of sp³-hybridized carbons (Fsp3) is 0.412. The van der Waals surface area contributed by atoms with Gasteiger partial charge in [0.05, 0.1) is 0 Å². The molecule has 0 radical (unpaired) electrons. The Bertz CT molecular complexity index is 602. The number of carbonyl (C=O) groups is 2. The third-order valence-corrected chi connectivity index (χ3v) is 4.10. The molecule has 2 aliphatic rings. The summed E-state index contributed by atoms with van der Waals surface area (Å²) < 4.78 is 10.2. The van der Waals surface area contributed by atoms with Gasteiger partial charge in [0.25, 0.3) is 0 Å². The predicted molar refractivity (Wildman–Crippen MR) is 81.8 cm³/mol. The van der Waals surface area contributed by atoms with Crippen LogP contribution in [0.1, 0.15) is 13.8 Å². The molecular weight excluding hydrogens is 300 g/mol. The van der Waals surface area contributed by atoms with E-state index >= 15 is 0 Å². The van der Waals surface area contributed by atoms with Crippen LogP contribution in [0.5, 0.6) is 0 Å². The van der Waals surface area contributed by atoms with Crippen molar-refractivity contribution in [2.75, 3.05) is 0 Å². The molecule has 2 rings (SSSR count). The molecule has 0 unspecified atom stereocenters. The van der Waals surface area contributed by atoms with Crippen LogP contribution in [-0.4, -0.2) is 40.5 Å². The van der Waals surface area contributed by atoms with E-state index in [-0.39, 0.29) is 5.76 Å². The molecule has 5 atom stereocenters. The first-order valence-electron chi connectivity index (χ1n) is 7.27. The van der Waals surface area contributed by atoms with Crippen molar-refractivity contribution in [3.63, 3.8) is 0 Å². The van der Waals surface area contributed by atoms with Gasteiger partial charge in [-0.15, -0.1) is 0 Å². The smallest absolute Gasteiger partial charge is 0.325 e. The van der Waals surface area contributed by atoms with Crippen LogP contribution in [0.2, 0.25) is 0 Å². The molecule has 0 saturated carbocycles. The van der Waals surface area contributed by atoms with Gasteiger partial charge >= 0.3 is 11.9 Å². The molecule has 1 saturated heterocycles. The number of cyclic esters (lactones) is 1. The Labute approximate surface area is 134 Å². The highest BCUT2D eigenvalue weighted by atomic mass is 16.6. The monoisotopic (exact) mass is 320 g/mol. The van der Waals surface area contributed by atoms with Crippen LogP contribution >= 0.6 is 0 Å². The molecule has 1 heterocycles. The molecule has 124 valence electrons. The first-order chi connectivity index (χ1) is 10.9. The molecule has 0 aromatic carbocycles. The maximum Gasteiger partial charge on any atom is 0.325 e. The highest BCUT2D eigenvalue weighted by Gasteiger charge is 2.66. The summed E-state index contributed by atoms with van der Waals surface area (Å²) in [7, 11) is 0. The summed E-state index contributed by atoms with van der Waals surface area (Å²) in [6.45, 7) is 6.53. The first-order valence-corrected chi connectivity index (χ1v) is 7.27. The molecule has 1 fully saturated rings. The molecular formula is C17H20O6. The minimum absolute atomic E-state index is 0.126. The van der Waals surface area contributed by atoms with E-state index in [1.807, 2.05) is 6.92 Å². The summed E-state index contributed by atoms with van der Waals surface area (Å²) in [6.07, 6.45) is 6.07. The van der Waals surface area contributed by atoms with Crippen molar-refractivity contribution >= 4 is 11.9 Å². The standard InChI is InChI=1S/C17H20O6/c1-4-5-6-7-12-8-9-13(19)15(23-11(3)18)17(12)14(20)10(2)22-16(17)21/h4-9,12-15,19-20H,2H2,1,3H3/b5-4+,7-6+/t12-,13+,14+,15+,17+/m1/s1. The van der Waals surface area contributed by atoms with Crippen molar-refractivity contribution in [1.82, 2.24) is 0 Å². The van der Waals surface area contributed by atoms with Crippen molar-refractivity contribution in [3.8, 4) is 0 Å². The number of ether oxygens (including phenoxy) is 2. The maximum absolute atomic E-state index is 12.5. The van der Waals surface area contributed by atoms with Crippen LogP contribution in [0.25, 0.3) is 0 Å². The highest BCUT2D eigenvalue weighted by molar-refractivity contribution is 5.85. The molecule has 23 heavy (non-hydrogen) atoms. The topological polar surface area (TPSA) is 93.1 Å². The van der Waals surface area contributed by atoms with E-state index in [9.17, 15) is 19.8 Å². The lowest BCUT2D eigenvalue weighted by Gasteiger charge is -2.43. The number of carbonyl (C=O) groups excluding carboxylic acids is 2. The first kappa shape index (κ1) is 17.2. The van der Waals surface area contributed by atoms with Gasteiger partial charge in [-0.05, 0) is 6.92 Å². The summed E-state index contributed by atoms with van der Waals surface area (Å²) in [5.74, 6) is -2.20. The summed E-state index contributed by atoms with van der Waals surface area (Å²) in [4.78, 5) is 23.9. The Morgan fingerprint density at radius 1 is 1.39 bits per heavy atom. The van der Waals surface area contributed by atoms with E-state index in [4.69, 9.17) is 9.47 Å². The molecule has 6 nitrogen and oxygen atoms in total. The zero-order valence-electron chi connectivity index (χ0n) is 13.0. The zero-order valence-corrected chi connectivity index (χ0v) is 13.0. The number of aliphatic hydroxyl groups is 2. The molecule has 2 N–H and O–H groups in total. The van der Waals surface area contributed by atoms with E-state index in [1.165, 1.54) is 13.0 Å². The second kappa shape index (κ2) is 6.52. The fourth-order valence-corrected chi connectivity index (χ4v) is 3.06. The molecule has 0 bridgehead atoms. The number of allylic oxidation sites excluding steroid dienone is 5. The van der Waals surface area contributed by atoms with Crippen LogP contribution in [0, 0.1) is 11.3 Å². The van der Waals surface area contributed by atoms with Gasteiger partial charge in [0, 0.05) is 12.8 Å². The Kier molecular flexibility index (Phi) is 4.87. The van der Waals surface area contributed by atoms with Crippen molar-refractivity contribution in [2.24, 2.45) is 11.3 Å². The minimum Gasteiger partial charge on any atom is -0.458 e. The van der Waals surface area contributed by atoms with Gasteiger partial charge in [0.1, 0.15) is 18.0 Å². The largest absolute Gasteiger partial charge is 0.458 e. The Morgan fingerprint density at radius 2 is 2.09 bits per heavy atom. The van der Waals surface area contributed by atoms with Crippen molar-refractivity contribution in [1.29, 1.82) is 0 Å². The van der Waals surface area contributed by atoms with Crippen molar-refractivity contribution < 1.29 is 29.3 Å². The maximum atomic E-state index is 12.5. The Hall–Kier alpha value is -2.18. The Balaban J connectivity index is 2.57. The van der Waals surface area contributed by atoms with E-state index in [0.717, 1.165) is 0 Å². The lowest BCUT2D eigenvalue weighted by molar-refractivity contribution is -0.181. The fourth-order valence-electron chi connectivity index (χ4n) is 3.06. The zero-order chi connectivity index (χ0) is 17.2. The normalized spacial score (nSPS) is 37.0. The van der Waals surface area contributed by atoms with E-state index in [2.05, 4.69) is 6.58 Å². The average Bonchev–Trinajstić information content (AvgIpc) is 2.70. The molecule has 0 amide bonds. The van der Waals surface area contributed by atoms with Gasteiger partial charge in [-0.2, -0.15) is 0 Å². The molecule has 0 aromatic rings. The predicted octanol–water partition coefficient (Wildman–Crippen LogP) is 1.02. The van der Waals surface area contributed by atoms with Gasteiger partial charge in [-0.25, -0.2) is 0 Å². The van der Waals surface area contributed by atoms with Gasteiger partial charge < -0.3 is 19.7 Å². The molecule has 1 aliphatic heterocycles. The van der Waals surface area contributed by atoms with Crippen LogP contribution in [0.3, 0.4) is 0 Å². The second-order valence-electron chi connectivity index (χ2n) is 5.53. The highest BCUT2D eigenvalue weighted by Crippen LogP contribution is 2.50. The summed E-state index contributed by atoms with van der Waals surface area (Å²) >= 11 is 0. The number of hydrogen-bond donors (Lipinski definition) is 2. The average molecular weight is 320 g/mol. The third kappa shape index (κ3) is 2.75. The van der Waals surface area contributed by atoms with E-state index in [0.29, 0.717) is 0 Å². The number of esters is 2. The third-order valence-electron chi connectivity index (χ3n) is 4.10. The summed E-state index contributed by atoms with van der Waals surface area (Å²) in [6, 6.07) is 0. The van der Waals surface area contributed by atoms with E-state index in [1.54, 1.807) is 30.4 Å². The van der Waals surface area contributed by atoms with Crippen LogP contribution in [0.4, 0.5) is 0 Å². The second-order valence-corrected chi connectivity index (χ2v) is 5.53. The Morgan fingerprint density at radius 3 is 2.61 bits per heavy atom. The molecule has 0 aromatic heterocycles. The molecule has 1 spiro atoms. The number of rotatable bonds is 3. The summed E-state index contributed by atoms with van der Waals surface area (Å²) in [5, 5.41) is 20.7. The van der Waals surface area contributed by atoms with Gasteiger partial charge in [0.2, 0.25) is 0 Å². The van der Waals surface area contributed by atoms with Gasteiger partial charge in [-0.3, -0.25) is 9.59 Å². The minimum atomic E-state index is -1.66.